The van der Waals surface area contributed by atoms with E-state index in [1.807, 2.05) is 0 Å². The van der Waals surface area contributed by atoms with E-state index in [2.05, 4.69) is 32.7 Å². The van der Waals surface area contributed by atoms with Crippen LogP contribution >= 0.6 is 0 Å². The van der Waals surface area contributed by atoms with E-state index in [0.29, 0.717) is 11.3 Å². The average molecular weight is 153 g/mol. The van der Waals surface area contributed by atoms with Gasteiger partial charge < -0.3 is 10.1 Å². The summed E-state index contributed by atoms with van der Waals surface area (Å²) in [5.74, 6) is 0.629. The fourth-order valence-corrected chi connectivity index (χ4v) is 1.04. The summed E-state index contributed by atoms with van der Waals surface area (Å²) in [6.07, 6.45) is 2.72. The molecule has 0 spiro atoms. The van der Waals surface area contributed by atoms with Gasteiger partial charge in [-0.1, -0.05) is 20.8 Å². The van der Waals surface area contributed by atoms with Crippen LogP contribution in [0.5, 0.6) is 0 Å². The molecule has 0 aromatic rings. The molecule has 2 heteroatoms. The molecule has 0 aromatic carbocycles. The molecule has 1 heterocycles. The first-order chi connectivity index (χ1) is 4.97. The number of ether oxygens (including phenoxy) is 1. The highest BCUT2D eigenvalue weighted by molar-refractivity contribution is 5.10. The molecule has 0 saturated carbocycles. The van der Waals surface area contributed by atoms with E-state index in [-0.39, 0.29) is 0 Å². The fraction of sp³-hybridized carbons (Fsp3) is 0.556. The molecule has 0 radical (unpaired) electrons. The average Bonchev–Trinajstić information content (AvgIpc) is 2.10. The van der Waals surface area contributed by atoms with E-state index in [9.17, 15) is 0 Å². The zero-order chi connectivity index (χ0) is 8.48. The summed E-state index contributed by atoms with van der Waals surface area (Å²) in [5.41, 5.74) is 1.41. The highest BCUT2D eigenvalue weighted by Gasteiger charge is 2.16. The van der Waals surface area contributed by atoms with Gasteiger partial charge in [-0.15, -0.1) is 0 Å². The summed E-state index contributed by atoms with van der Waals surface area (Å²) in [7, 11) is 0. The third-order valence-corrected chi connectivity index (χ3v) is 1.36. The summed E-state index contributed by atoms with van der Waals surface area (Å²) in [4.78, 5) is 0. The lowest BCUT2D eigenvalue weighted by Crippen LogP contribution is -2.13. The molecule has 0 saturated heterocycles. The van der Waals surface area contributed by atoms with E-state index in [1.165, 1.54) is 0 Å². The van der Waals surface area contributed by atoms with Crippen molar-refractivity contribution in [3.8, 4) is 0 Å². The number of allylic oxidation sites excluding steroid dienone is 1. The van der Waals surface area contributed by atoms with Crippen molar-refractivity contribution < 1.29 is 4.74 Å². The van der Waals surface area contributed by atoms with Gasteiger partial charge in [-0.05, 0) is 18.4 Å². The predicted molar refractivity (Wildman–Crippen MR) is 45.5 cm³/mol. The Labute approximate surface area is 67.9 Å². The third kappa shape index (κ3) is 2.66. The van der Waals surface area contributed by atoms with Crippen molar-refractivity contribution in [1.29, 1.82) is 0 Å². The Hall–Kier alpha value is -0.920. The van der Waals surface area contributed by atoms with Gasteiger partial charge >= 0.3 is 0 Å². The maximum atomic E-state index is 5.04. The van der Waals surface area contributed by atoms with Gasteiger partial charge in [0.15, 0.2) is 5.88 Å². The van der Waals surface area contributed by atoms with Crippen LogP contribution in [0.15, 0.2) is 24.4 Å². The molecule has 62 valence electrons. The summed E-state index contributed by atoms with van der Waals surface area (Å²) in [5, 5.41) is 3.05. The van der Waals surface area contributed by atoms with Crippen LogP contribution in [-0.2, 0) is 4.74 Å². The van der Waals surface area contributed by atoms with Gasteiger partial charge in [0.05, 0.1) is 5.70 Å². The molecule has 0 aliphatic carbocycles. The van der Waals surface area contributed by atoms with Gasteiger partial charge in [0.1, 0.15) is 6.26 Å². The Morgan fingerprint density at radius 1 is 1.55 bits per heavy atom. The molecule has 0 unspecified atom stereocenters. The molecule has 1 aliphatic heterocycles. The normalized spacial score (nSPS) is 17.4. The molecule has 11 heavy (non-hydrogen) atoms. The van der Waals surface area contributed by atoms with Crippen molar-refractivity contribution in [3.05, 3.63) is 24.4 Å². The Kier molecular flexibility index (Phi) is 1.94. The molecule has 1 aliphatic rings. The zero-order valence-electron chi connectivity index (χ0n) is 7.40. The van der Waals surface area contributed by atoms with Gasteiger partial charge in [0.25, 0.3) is 0 Å². The van der Waals surface area contributed by atoms with Crippen LogP contribution in [0.4, 0.5) is 0 Å². The molecular formula is C9H15NO. The summed E-state index contributed by atoms with van der Waals surface area (Å²) in [6, 6.07) is 0. The van der Waals surface area contributed by atoms with Crippen molar-refractivity contribution in [2.45, 2.75) is 27.2 Å². The molecule has 0 atom stereocenters. The second-order valence-corrected chi connectivity index (χ2v) is 4.05. The SMILES string of the molecule is C=C1NC(CC(C)(C)C)=CO1. The molecule has 2 nitrogen and oxygen atoms in total. The molecular weight excluding hydrogens is 138 g/mol. The third-order valence-electron chi connectivity index (χ3n) is 1.36. The number of hydrogen-bond acceptors (Lipinski definition) is 2. The van der Waals surface area contributed by atoms with Crippen molar-refractivity contribution in [1.82, 2.24) is 5.32 Å². The Bertz CT molecular complexity index is 198. The summed E-state index contributed by atoms with van der Waals surface area (Å²) >= 11 is 0. The maximum Gasteiger partial charge on any atom is 0.189 e. The first-order valence-corrected chi connectivity index (χ1v) is 3.79. The standard InChI is InChI=1S/C9H15NO/c1-7-10-8(6-11-7)5-9(2,3)4/h6,10H,1,5H2,2-4H3. The molecule has 0 fully saturated rings. The molecule has 0 aromatic heterocycles. The fourth-order valence-electron chi connectivity index (χ4n) is 1.04. The number of hydrogen-bond donors (Lipinski definition) is 1. The van der Waals surface area contributed by atoms with E-state index >= 15 is 0 Å². The van der Waals surface area contributed by atoms with Crippen LogP contribution in [0.3, 0.4) is 0 Å². The minimum absolute atomic E-state index is 0.298. The summed E-state index contributed by atoms with van der Waals surface area (Å²) in [6.45, 7) is 10.2. The van der Waals surface area contributed by atoms with E-state index in [0.717, 1.165) is 12.1 Å². The van der Waals surface area contributed by atoms with Crippen LogP contribution in [-0.4, -0.2) is 0 Å². The Morgan fingerprint density at radius 2 is 2.18 bits per heavy atom. The smallest absolute Gasteiger partial charge is 0.189 e. The van der Waals surface area contributed by atoms with E-state index in [4.69, 9.17) is 4.74 Å². The molecule has 0 amide bonds. The van der Waals surface area contributed by atoms with Crippen molar-refractivity contribution in [2.75, 3.05) is 0 Å². The van der Waals surface area contributed by atoms with Gasteiger partial charge in [-0.2, -0.15) is 0 Å². The predicted octanol–water partition coefficient (Wildman–Crippen LogP) is 2.36. The monoisotopic (exact) mass is 153 g/mol. The number of nitrogens with one attached hydrogen (secondary N) is 1. The first-order valence-electron chi connectivity index (χ1n) is 3.79. The highest BCUT2D eigenvalue weighted by atomic mass is 16.5. The van der Waals surface area contributed by atoms with Crippen LogP contribution in [0.25, 0.3) is 0 Å². The van der Waals surface area contributed by atoms with Gasteiger partial charge in [0, 0.05) is 0 Å². The van der Waals surface area contributed by atoms with Crippen LogP contribution in [0.2, 0.25) is 0 Å². The quantitative estimate of drug-likeness (QED) is 0.624. The first kappa shape index (κ1) is 8.18. The van der Waals surface area contributed by atoms with Gasteiger partial charge in [0.2, 0.25) is 0 Å². The lowest BCUT2D eigenvalue weighted by molar-refractivity contribution is 0.359. The maximum absolute atomic E-state index is 5.04. The molecule has 1 rings (SSSR count). The minimum atomic E-state index is 0.298. The van der Waals surface area contributed by atoms with E-state index < -0.39 is 0 Å². The summed E-state index contributed by atoms with van der Waals surface area (Å²) < 4.78 is 5.04. The second-order valence-electron chi connectivity index (χ2n) is 4.05. The Morgan fingerprint density at radius 3 is 2.55 bits per heavy atom. The Balaban J connectivity index is 2.46. The van der Waals surface area contributed by atoms with Crippen LogP contribution in [0.1, 0.15) is 27.2 Å². The number of rotatable bonds is 1. The molecule has 1 N–H and O–H groups in total. The second kappa shape index (κ2) is 2.61. The minimum Gasteiger partial charge on any atom is -0.448 e. The van der Waals surface area contributed by atoms with Crippen molar-refractivity contribution >= 4 is 0 Å². The van der Waals surface area contributed by atoms with Gasteiger partial charge in [-0.25, -0.2) is 0 Å². The lowest BCUT2D eigenvalue weighted by Gasteiger charge is -2.17. The van der Waals surface area contributed by atoms with Gasteiger partial charge in [-0.3, -0.25) is 0 Å². The molecule has 0 bridgehead atoms. The highest BCUT2D eigenvalue weighted by Crippen LogP contribution is 2.25. The van der Waals surface area contributed by atoms with Crippen LogP contribution < -0.4 is 5.32 Å². The largest absolute Gasteiger partial charge is 0.448 e. The van der Waals surface area contributed by atoms with Crippen LogP contribution in [0, 0.1) is 5.41 Å². The lowest BCUT2D eigenvalue weighted by atomic mass is 9.91. The topological polar surface area (TPSA) is 21.3 Å². The zero-order valence-corrected chi connectivity index (χ0v) is 7.40. The van der Waals surface area contributed by atoms with Crippen molar-refractivity contribution in [3.63, 3.8) is 0 Å². The van der Waals surface area contributed by atoms with Crippen molar-refractivity contribution in [2.24, 2.45) is 5.41 Å². The van der Waals surface area contributed by atoms with E-state index in [1.54, 1.807) is 6.26 Å².